The van der Waals surface area contributed by atoms with Crippen LogP contribution >= 0.6 is 0 Å². The number of carbonyl (C=O) groups excluding carboxylic acids is 1. The Kier molecular flexibility index (Phi) is 8.39. The first kappa shape index (κ1) is 24.5. The Morgan fingerprint density at radius 2 is 1.71 bits per heavy atom. The number of rotatable bonds is 10. The first-order valence-corrected chi connectivity index (χ1v) is 11.0. The lowest BCUT2D eigenvalue weighted by molar-refractivity contribution is 0.0992. The topological polar surface area (TPSA) is 108 Å². The molecule has 178 valence electrons. The molecule has 0 aliphatic carbocycles. The molecule has 1 heterocycles. The highest BCUT2D eigenvalue weighted by molar-refractivity contribution is 6.05. The molecule has 9 nitrogen and oxygen atoms in total. The van der Waals surface area contributed by atoms with Crippen LogP contribution in [0.1, 0.15) is 29.3 Å². The molecule has 0 unspecified atom stereocenters. The molecule has 0 saturated heterocycles. The third-order valence-corrected chi connectivity index (χ3v) is 5.16. The van der Waals surface area contributed by atoms with E-state index in [0.29, 0.717) is 48.2 Å². The summed E-state index contributed by atoms with van der Waals surface area (Å²) < 4.78 is 6.03. The van der Waals surface area contributed by atoms with Crippen LogP contribution in [0.2, 0.25) is 0 Å². The molecule has 2 amide bonds. The summed E-state index contributed by atoms with van der Waals surface area (Å²) in [5.41, 5.74) is 2.11. The van der Waals surface area contributed by atoms with Gasteiger partial charge in [0.2, 0.25) is 5.95 Å². The number of hydrogen-bond acceptors (Lipinski definition) is 6. The van der Waals surface area contributed by atoms with Gasteiger partial charge in [0, 0.05) is 51.3 Å². The number of aromatic nitrogens is 2. The van der Waals surface area contributed by atoms with Crippen LogP contribution in [-0.2, 0) is 6.42 Å². The maximum atomic E-state index is 12.9. The van der Waals surface area contributed by atoms with Crippen LogP contribution < -0.4 is 15.0 Å². The molecular weight excluding hydrogens is 434 g/mol. The van der Waals surface area contributed by atoms with Crippen molar-refractivity contribution < 1.29 is 19.4 Å². The number of ether oxygens (including phenoxy) is 1. The van der Waals surface area contributed by atoms with E-state index in [9.17, 15) is 9.59 Å². The van der Waals surface area contributed by atoms with E-state index in [-0.39, 0.29) is 5.91 Å². The number of nitrogens with one attached hydrogen (secondary N) is 1. The van der Waals surface area contributed by atoms with Crippen LogP contribution in [-0.4, -0.2) is 59.2 Å². The van der Waals surface area contributed by atoms with Crippen molar-refractivity contribution >= 4 is 23.6 Å². The van der Waals surface area contributed by atoms with Crippen LogP contribution in [0.25, 0.3) is 0 Å². The fourth-order valence-electron chi connectivity index (χ4n) is 3.27. The van der Waals surface area contributed by atoms with Crippen molar-refractivity contribution in [3.8, 4) is 11.5 Å². The molecule has 1 aromatic heterocycles. The number of carboxylic acid groups (broad SMARTS) is 1. The van der Waals surface area contributed by atoms with Gasteiger partial charge in [-0.25, -0.2) is 14.8 Å². The number of benzene rings is 2. The minimum atomic E-state index is -0.932. The van der Waals surface area contributed by atoms with E-state index in [1.807, 2.05) is 49.4 Å². The van der Waals surface area contributed by atoms with E-state index in [0.717, 1.165) is 12.0 Å². The quantitative estimate of drug-likeness (QED) is 0.455. The fraction of sp³-hybridized carbons (Fsp3) is 0.280. The molecule has 0 fully saturated rings. The number of carbonyl (C=O) groups is 2. The van der Waals surface area contributed by atoms with Gasteiger partial charge in [-0.3, -0.25) is 4.79 Å². The molecule has 9 heteroatoms. The van der Waals surface area contributed by atoms with Crippen LogP contribution in [0.5, 0.6) is 11.5 Å². The van der Waals surface area contributed by atoms with Gasteiger partial charge >= 0.3 is 6.09 Å². The molecule has 3 aromatic rings. The van der Waals surface area contributed by atoms with Gasteiger partial charge in [0.05, 0.1) is 5.56 Å². The zero-order chi connectivity index (χ0) is 24.5. The van der Waals surface area contributed by atoms with Gasteiger partial charge < -0.3 is 25.0 Å². The van der Waals surface area contributed by atoms with Gasteiger partial charge in [0.1, 0.15) is 11.5 Å². The molecule has 2 aromatic carbocycles. The lowest BCUT2D eigenvalue weighted by Crippen LogP contribution is -2.26. The minimum Gasteiger partial charge on any atom is -0.465 e. The highest BCUT2D eigenvalue weighted by Gasteiger charge is 2.15. The Morgan fingerprint density at radius 1 is 1.03 bits per heavy atom. The van der Waals surface area contributed by atoms with Gasteiger partial charge in [-0.05, 0) is 49.6 Å². The Bertz CT molecular complexity index is 1120. The molecule has 2 N–H and O–H groups in total. The van der Waals surface area contributed by atoms with Gasteiger partial charge in [0.15, 0.2) is 0 Å². The van der Waals surface area contributed by atoms with Crippen molar-refractivity contribution in [3.63, 3.8) is 0 Å². The summed E-state index contributed by atoms with van der Waals surface area (Å²) in [6.07, 6.45) is 3.53. The van der Waals surface area contributed by atoms with Crippen LogP contribution in [0.4, 0.5) is 16.4 Å². The van der Waals surface area contributed by atoms with Crippen LogP contribution in [0, 0.1) is 0 Å². The molecular formula is C25H29N5O4. The monoisotopic (exact) mass is 463 g/mol. The zero-order valence-electron chi connectivity index (χ0n) is 19.6. The number of aryl methyl sites for hydroxylation is 1. The third-order valence-electron chi connectivity index (χ3n) is 5.16. The SMILES string of the molecule is CCNc1ncc(C(=O)N(C)c2cccc(Oc3cccc(CCCN(C)C(=O)O)c3)c2)cn1. The van der Waals surface area contributed by atoms with Gasteiger partial charge in [-0.15, -0.1) is 0 Å². The molecule has 0 spiro atoms. The lowest BCUT2D eigenvalue weighted by atomic mass is 10.1. The average Bonchev–Trinajstić information content (AvgIpc) is 2.84. The van der Waals surface area contributed by atoms with E-state index in [1.165, 1.54) is 22.2 Å². The number of amides is 2. The largest absolute Gasteiger partial charge is 0.465 e. The first-order chi connectivity index (χ1) is 16.4. The summed E-state index contributed by atoms with van der Waals surface area (Å²) in [6, 6.07) is 15.0. The van der Waals surface area contributed by atoms with E-state index in [1.54, 1.807) is 20.2 Å². The predicted octanol–water partition coefficient (Wildman–Crippen LogP) is 4.52. The Morgan fingerprint density at radius 3 is 2.38 bits per heavy atom. The minimum absolute atomic E-state index is 0.228. The average molecular weight is 464 g/mol. The Balaban J connectivity index is 1.65. The molecule has 3 rings (SSSR count). The van der Waals surface area contributed by atoms with Crippen molar-refractivity contribution in [2.75, 3.05) is 37.4 Å². The maximum Gasteiger partial charge on any atom is 0.407 e. The van der Waals surface area contributed by atoms with Crippen molar-refractivity contribution in [2.45, 2.75) is 19.8 Å². The van der Waals surface area contributed by atoms with Crippen LogP contribution in [0.3, 0.4) is 0 Å². The third kappa shape index (κ3) is 6.68. The second-order valence-electron chi connectivity index (χ2n) is 7.74. The summed E-state index contributed by atoms with van der Waals surface area (Å²) in [7, 11) is 3.25. The van der Waals surface area contributed by atoms with E-state index in [4.69, 9.17) is 9.84 Å². The Hall–Kier alpha value is -4.14. The molecule has 0 radical (unpaired) electrons. The standard InChI is InChI=1S/C25H29N5O4/c1-4-26-24-27-16-19(17-28-24)23(31)30(3)20-10-6-12-22(15-20)34-21-11-5-8-18(14-21)9-7-13-29(2)25(32)33/h5-6,8,10-12,14-17H,4,7,9,13H2,1-3H3,(H,32,33)(H,26,27,28). The van der Waals surface area contributed by atoms with Crippen molar-refractivity contribution in [3.05, 3.63) is 72.1 Å². The maximum absolute atomic E-state index is 12.9. The summed E-state index contributed by atoms with van der Waals surface area (Å²) in [4.78, 5) is 34.9. The molecule has 0 atom stereocenters. The highest BCUT2D eigenvalue weighted by atomic mass is 16.5. The molecule has 0 aliphatic heterocycles. The summed E-state index contributed by atoms with van der Waals surface area (Å²) >= 11 is 0. The molecule has 0 bridgehead atoms. The Labute approximate surface area is 199 Å². The van der Waals surface area contributed by atoms with Crippen LogP contribution in [0.15, 0.2) is 60.9 Å². The molecule has 34 heavy (non-hydrogen) atoms. The summed E-state index contributed by atoms with van der Waals surface area (Å²) in [6.45, 7) is 3.11. The number of anilines is 2. The molecule has 0 saturated carbocycles. The fourth-order valence-corrected chi connectivity index (χ4v) is 3.27. The second kappa shape index (κ2) is 11.6. The van der Waals surface area contributed by atoms with E-state index in [2.05, 4.69) is 15.3 Å². The van der Waals surface area contributed by atoms with Crippen molar-refractivity contribution in [1.82, 2.24) is 14.9 Å². The summed E-state index contributed by atoms with van der Waals surface area (Å²) in [5.74, 6) is 1.52. The van der Waals surface area contributed by atoms with Gasteiger partial charge in [-0.2, -0.15) is 0 Å². The van der Waals surface area contributed by atoms with Gasteiger partial charge in [-0.1, -0.05) is 18.2 Å². The number of nitrogens with zero attached hydrogens (tertiary/aromatic N) is 4. The number of hydrogen-bond donors (Lipinski definition) is 2. The first-order valence-electron chi connectivity index (χ1n) is 11.0. The van der Waals surface area contributed by atoms with Crippen molar-refractivity contribution in [2.24, 2.45) is 0 Å². The lowest BCUT2D eigenvalue weighted by Gasteiger charge is -2.18. The molecule has 0 aliphatic rings. The zero-order valence-corrected chi connectivity index (χ0v) is 19.6. The van der Waals surface area contributed by atoms with E-state index >= 15 is 0 Å². The smallest absolute Gasteiger partial charge is 0.407 e. The van der Waals surface area contributed by atoms with Crippen molar-refractivity contribution in [1.29, 1.82) is 0 Å². The highest BCUT2D eigenvalue weighted by Crippen LogP contribution is 2.27. The second-order valence-corrected chi connectivity index (χ2v) is 7.74. The normalized spacial score (nSPS) is 10.4. The van der Waals surface area contributed by atoms with Gasteiger partial charge in [0.25, 0.3) is 5.91 Å². The summed E-state index contributed by atoms with van der Waals surface area (Å²) in [5, 5.41) is 12.0. The van der Waals surface area contributed by atoms with E-state index < -0.39 is 6.09 Å². The predicted molar refractivity (Wildman–Crippen MR) is 131 cm³/mol.